The second-order valence-corrected chi connectivity index (χ2v) is 3.68. The number of nitrogens with two attached hydrogens (primary N) is 1. The molecule has 3 N–H and O–H groups in total. The lowest BCUT2D eigenvalue weighted by atomic mass is 9.73. The minimum atomic E-state index is -0.277. The van der Waals surface area contributed by atoms with E-state index >= 15 is 0 Å². The molecule has 0 spiro atoms. The van der Waals surface area contributed by atoms with Gasteiger partial charge in [-0.25, -0.2) is 0 Å². The van der Waals surface area contributed by atoms with Crippen LogP contribution in [0.1, 0.15) is 5.56 Å². The number of rotatable bonds is 3. The Hall–Kier alpha value is -0.970. The number of hydrogen-bond acceptors (Lipinski definition) is 4. The van der Waals surface area contributed by atoms with Crippen LogP contribution >= 0.6 is 0 Å². The molecule has 1 saturated heterocycles. The zero-order valence-corrected chi connectivity index (χ0v) is 7.89. The van der Waals surface area contributed by atoms with Crippen LogP contribution in [-0.4, -0.2) is 36.0 Å². The highest BCUT2D eigenvalue weighted by Gasteiger charge is 2.45. The first-order chi connectivity index (χ1) is 6.79. The molecule has 1 aromatic rings. The number of pyridine rings is 1. The molecule has 2 rings (SSSR count). The summed E-state index contributed by atoms with van der Waals surface area (Å²) in [5.74, 6) is 0. The first kappa shape index (κ1) is 9.58. The summed E-state index contributed by atoms with van der Waals surface area (Å²) in [5.41, 5.74) is 6.70. The van der Waals surface area contributed by atoms with Crippen LogP contribution in [-0.2, 0) is 10.2 Å². The third-order valence-electron chi connectivity index (χ3n) is 2.86. The first-order valence-corrected chi connectivity index (χ1v) is 4.64. The van der Waals surface area contributed by atoms with E-state index < -0.39 is 0 Å². The van der Waals surface area contributed by atoms with Crippen LogP contribution in [0.3, 0.4) is 0 Å². The molecule has 0 aliphatic carbocycles. The van der Waals surface area contributed by atoms with Crippen LogP contribution in [0.4, 0.5) is 0 Å². The smallest absolute Gasteiger partial charge is 0.0608 e. The number of aliphatic hydroxyl groups is 1. The fourth-order valence-corrected chi connectivity index (χ4v) is 1.75. The Morgan fingerprint density at radius 3 is 2.86 bits per heavy atom. The molecule has 0 aromatic carbocycles. The lowest BCUT2D eigenvalue weighted by Gasteiger charge is -2.45. The average Bonchev–Trinajstić information content (AvgIpc) is 2.17. The van der Waals surface area contributed by atoms with Crippen molar-refractivity contribution in [1.29, 1.82) is 0 Å². The van der Waals surface area contributed by atoms with Gasteiger partial charge >= 0.3 is 0 Å². The van der Waals surface area contributed by atoms with Crippen LogP contribution in [0.5, 0.6) is 0 Å². The van der Waals surface area contributed by atoms with Crippen LogP contribution in [0.25, 0.3) is 0 Å². The number of aliphatic hydroxyl groups excluding tert-OH is 1. The number of ether oxygens (including phenoxy) is 1. The Labute approximate surface area is 82.7 Å². The molecular formula is C10H14N2O2. The predicted octanol–water partition coefficient (Wildman–Crippen LogP) is -0.331. The minimum absolute atomic E-state index is 0.0295. The Balaban J connectivity index is 2.29. The van der Waals surface area contributed by atoms with Crippen LogP contribution in [0, 0.1) is 0 Å². The van der Waals surface area contributed by atoms with Crippen molar-refractivity contribution < 1.29 is 9.84 Å². The van der Waals surface area contributed by atoms with Crippen LogP contribution < -0.4 is 5.73 Å². The van der Waals surface area contributed by atoms with E-state index in [-0.39, 0.29) is 18.1 Å². The quantitative estimate of drug-likeness (QED) is 0.691. The van der Waals surface area contributed by atoms with Gasteiger partial charge in [0.1, 0.15) is 0 Å². The van der Waals surface area contributed by atoms with E-state index in [9.17, 15) is 0 Å². The maximum absolute atomic E-state index is 9.10. The van der Waals surface area contributed by atoms with E-state index in [1.807, 2.05) is 12.1 Å². The van der Waals surface area contributed by atoms with Gasteiger partial charge in [-0.3, -0.25) is 4.98 Å². The Bertz CT molecular complexity index is 298. The third-order valence-corrected chi connectivity index (χ3v) is 2.86. The predicted molar refractivity (Wildman–Crippen MR) is 51.8 cm³/mol. The number of aromatic nitrogens is 1. The van der Waals surface area contributed by atoms with Crippen molar-refractivity contribution in [2.24, 2.45) is 5.73 Å². The van der Waals surface area contributed by atoms with Crippen molar-refractivity contribution in [3.63, 3.8) is 0 Å². The monoisotopic (exact) mass is 194 g/mol. The summed E-state index contributed by atoms with van der Waals surface area (Å²) in [7, 11) is 0. The van der Waals surface area contributed by atoms with Crippen LogP contribution in [0.15, 0.2) is 24.5 Å². The highest BCUT2D eigenvalue weighted by molar-refractivity contribution is 5.27. The Morgan fingerprint density at radius 2 is 2.43 bits per heavy atom. The summed E-state index contributed by atoms with van der Waals surface area (Å²) in [5, 5.41) is 9.10. The highest BCUT2D eigenvalue weighted by Crippen LogP contribution is 2.34. The summed E-state index contributed by atoms with van der Waals surface area (Å²) in [6.07, 6.45) is 3.51. The van der Waals surface area contributed by atoms with Crippen molar-refractivity contribution in [1.82, 2.24) is 4.98 Å². The Morgan fingerprint density at radius 1 is 1.64 bits per heavy atom. The zero-order valence-electron chi connectivity index (χ0n) is 7.89. The molecular weight excluding hydrogens is 180 g/mol. The summed E-state index contributed by atoms with van der Waals surface area (Å²) in [6, 6.07) is 3.57. The van der Waals surface area contributed by atoms with Crippen molar-refractivity contribution in [3.05, 3.63) is 30.1 Å². The largest absolute Gasteiger partial charge is 0.395 e. The molecule has 2 heterocycles. The lowest BCUT2D eigenvalue weighted by molar-refractivity contribution is -0.0799. The summed E-state index contributed by atoms with van der Waals surface area (Å²) < 4.78 is 5.20. The van der Waals surface area contributed by atoms with Gasteiger partial charge < -0.3 is 15.6 Å². The molecule has 1 aliphatic heterocycles. The third kappa shape index (κ3) is 1.32. The lowest BCUT2D eigenvalue weighted by Crippen LogP contribution is -2.60. The van der Waals surface area contributed by atoms with Crippen LogP contribution in [0.2, 0.25) is 0 Å². The molecule has 76 valence electrons. The van der Waals surface area contributed by atoms with Gasteiger partial charge in [-0.15, -0.1) is 0 Å². The summed E-state index contributed by atoms with van der Waals surface area (Å²) >= 11 is 0. The first-order valence-electron chi connectivity index (χ1n) is 4.64. The molecule has 1 fully saturated rings. The molecule has 4 nitrogen and oxygen atoms in total. The van der Waals surface area contributed by atoms with Crippen molar-refractivity contribution >= 4 is 0 Å². The van der Waals surface area contributed by atoms with Gasteiger partial charge in [0.25, 0.3) is 0 Å². The van der Waals surface area contributed by atoms with E-state index in [1.165, 1.54) is 0 Å². The zero-order chi connectivity index (χ0) is 10.0. The van der Waals surface area contributed by atoms with Gasteiger partial charge in [0.15, 0.2) is 0 Å². The second-order valence-electron chi connectivity index (χ2n) is 3.68. The van der Waals surface area contributed by atoms with Crippen molar-refractivity contribution in [2.45, 2.75) is 11.5 Å². The van der Waals surface area contributed by atoms with Crippen molar-refractivity contribution in [2.75, 3.05) is 19.8 Å². The van der Waals surface area contributed by atoms with E-state index in [0.29, 0.717) is 13.2 Å². The van der Waals surface area contributed by atoms with E-state index in [1.54, 1.807) is 12.4 Å². The molecule has 1 atom stereocenters. The second kappa shape index (κ2) is 3.65. The number of hydrogen-bond donors (Lipinski definition) is 2. The van der Waals surface area contributed by atoms with E-state index in [4.69, 9.17) is 15.6 Å². The summed E-state index contributed by atoms with van der Waals surface area (Å²) in [6.45, 7) is 1.11. The van der Waals surface area contributed by atoms with Gasteiger partial charge in [-0.05, 0) is 11.6 Å². The van der Waals surface area contributed by atoms with E-state index in [0.717, 1.165) is 5.56 Å². The molecule has 0 saturated carbocycles. The summed E-state index contributed by atoms with van der Waals surface area (Å²) in [4.78, 5) is 4.06. The maximum Gasteiger partial charge on any atom is 0.0608 e. The van der Waals surface area contributed by atoms with Gasteiger partial charge in [0.05, 0.1) is 25.2 Å². The molecule has 1 unspecified atom stereocenters. The molecule has 1 aromatic heterocycles. The molecule has 4 heteroatoms. The Kier molecular flexibility index (Phi) is 2.50. The molecule has 0 bridgehead atoms. The topological polar surface area (TPSA) is 68.4 Å². The SMILES string of the molecule is NC(CO)C1(c2cccnc2)COC1. The molecule has 1 aliphatic rings. The molecule has 0 radical (unpaired) electrons. The molecule has 14 heavy (non-hydrogen) atoms. The standard InChI is InChI=1S/C10H14N2O2/c11-9(5-13)10(6-14-7-10)8-2-1-3-12-4-8/h1-4,9,13H,5-7,11H2. The van der Waals surface area contributed by atoms with Gasteiger partial charge in [-0.1, -0.05) is 6.07 Å². The van der Waals surface area contributed by atoms with E-state index in [2.05, 4.69) is 4.98 Å². The van der Waals surface area contributed by atoms with Gasteiger partial charge in [0.2, 0.25) is 0 Å². The van der Waals surface area contributed by atoms with Gasteiger partial charge in [0, 0.05) is 18.4 Å². The van der Waals surface area contributed by atoms with Gasteiger partial charge in [-0.2, -0.15) is 0 Å². The maximum atomic E-state index is 9.10. The fraction of sp³-hybridized carbons (Fsp3) is 0.500. The average molecular weight is 194 g/mol. The fourth-order valence-electron chi connectivity index (χ4n) is 1.75. The number of nitrogens with zero attached hydrogens (tertiary/aromatic N) is 1. The highest BCUT2D eigenvalue weighted by atomic mass is 16.5. The molecule has 0 amide bonds. The normalized spacial score (nSPS) is 21.3. The minimum Gasteiger partial charge on any atom is -0.395 e. The van der Waals surface area contributed by atoms with Crippen molar-refractivity contribution in [3.8, 4) is 0 Å².